The molecule has 0 saturated heterocycles. The lowest BCUT2D eigenvalue weighted by Crippen LogP contribution is -2.03. The SMILES string of the molecule is N#Cc1ccc(Br)cc1NCc1c(Cl)ccc(Cl)c1Cl. The predicted molar refractivity (Wildman–Crippen MR) is 87.7 cm³/mol. The lowest BCUT2D eigenvalue weighted by Gasteiger charge is -2.12. The second kappa shape index (κ2) is 6.69. The van der Waals surface area contributed by atoms with Gasteiger partial charge in [-0.3, -0.25) is 0 Å². The first kappa shape index (κ1) is 15.5. The number of hydrogen-bond donors (Lipinski definition) is 1. The molecule has 2 nitrogen and oxygen atoms in total. The Balaban J connectivity index is 2.28. The average Bonchev–Trinajstić information content (AvgIpc) is 2.43. The van der Waals surface area contributed by atoms with Gasteiger partial charge in [0.2, 0.25) is 0 Å². The molecule has 0 spiro atoms. The van der Waals surface area contributed by atoms with Crippen LogP contribution in [0.5, 0.6) is 0 Å². The molecule has 0 aliphatic rings. The van der Waals surface area contributed by atoms with Gasteiger partial charge >= 0.3 is 0 Å². The van der Waals surface area contributed by atoms with Gasteiger partial charge in [0.1, 0.15) is 6.07 Å². The van der Waals surface area contributed by atoms with Crippen molar-refractivity contribution in [3.8, 4) is 6.07 Å². The molecule has 0 unspecified atom stereocenters. The first-order chi connectivity index (χ1) is 9.52. The summed E-state index contributed by atoms with van der Waals surface area (Å²) in [5.41, 5.74) is 1.95. The van der Waals surface area contributed by atoms with Crippen LogP contribution in [0.2, 0.25) is 15.1 Å². The van der Waals surface area contributed by atoms with E-state index in [1.54, 1.807) is 18.2 Å². The molecule has 6 heteroatoms. The van der Waals surface area contributed by atoms with Crippen molar-refractivity contribution in [2.24, 2.45) is 0 Å². The van der Waals surface area contributed by atoms with Gasteiger partial charge < -0.3 is 5.32 Å². The molecule has 2 rings (SSSR count). The Bertz CT molecular complexity index is 696. The molecule has 0 heterocycles. The van der Waals surface area contributed by atoms with Crippen molar-refractivity contribution < 1.29 is 0 Å². The molecule has 0 aliphatic carbocycles. The van der Waals surface area contributed by atoms with Crippen LogP contribution in [0, 0.1) is 11.3 Å². The number of nitriles is 1. The molecular weight excluding hydrogens is 382 g/mol. The highest BCUT2D eigenvalue weighted by Crippen LogP contribution is 2.32. The minimum absolute atomic E-state index is 0.378. The number of halogens is 4. The molecule has 0 bridgehead atoms. The number of nitrogens with one attached hydrogen (secondary N) is 1. The average molecular weight is 390 g/mol. The van der Waals surface area contributed by atoms with Crippen molar-refractivity contribution in [3.63, 3.8) is 0 Å². The Labute approximate surface area is 140 Å². The lowest BCUT2D eigenvalue weighted by molar-refractivity contribution is 1.14. The van der Waals surface area contributed by atoms with Crippen LogP contribution >= 0.6 is 50.7 Å². The van der Waals surface area contributed by atoms with Crippen molar-refractivity contribution in [2.75, 3.05) is 5.32 Å². The third-order valence-corrected chi connectivity index (χ3v) is 4.39. The van der Waals surface area contributed by atoms with E-state index in [0.717, 1.165) is 4.47 Å². The number of nitrogens with zero attached hydrogens (tertiary/aromatic N) is 1. The highest BCUT2D eigenvalue weighted by atomic mass is 79.9. The smallest absolute Gasteiger partial charge is 0.101 e. The summed E-state index contributed by atoms with van der Waals surface area (Å²) in [6.45, 7) is 0.378. The van der Waals surface area contributed by atoms with E-state index in [0.29, 0.717) is 38.4 Å². The van der Waals surface area contributed by atoms with Gasteiger partial charge in [0, 0.05) is 21.6 Å². The molecule has 0 fully saturated rings. The first-order valence-electron chi connectivity index (χ1n) is 5.59. The van der Waals surface area contributed by atoms with Crippen LogP contribution in [0.4, 0.5) is 5.69 Å². The molecule has 0 aliphatic heterocycles. The Kier molecular flexibility index (Phi) is 5.17. The minimum Gasteiger partial charge on any atom is -0.380 e. The number of rotatable bonds is 3. The molecule has 2 aromatic rings. The topological polar surface area (TPSA) is 35.8 Å². The fraction of sp³-hybridized carbons (Fsp3) is 0.0714. The van der Waals surface area contributed by atoms with Crippen molar-refractivity contribution >= 4 is 56.4 Å². The van der Waals surface area contributed by atoms with E-state index in [1.165, 1.54) is 0 Å². The van der Waals surface area contributed by atoms with Crippen LogP contribution in [-0.2, 0) is 6.54 Å². The van der Waals surface area contributed by atoms with Gasteiger partial charge in [0.05, 0.1) is 21.3 Å². The van der Waals surface area contributed by atoms with Crippen molar-refractivity contribution in [1.82, 2.24) is 0 Å². The molecule has 0 amide bonds. The van der Waals surface area contributed by atoms with Crippen LogP contribution in [-0.4, -0.2) is 0 Å². The van der Waals surface area contributed by atoms with Crippen molar-refractivity contribution in [2.45, 2.75) is 6.54 Å². The van der Waals surface area contributed by atoms with Gasteiger partial charge in [-0.2, -0.15) is 5.26 Å². The summed E-state index contributed by atoms with van der Waals surface area (Å²) in [6.07, 6.45) is 0. The van der Waals surface area contributed by atoms with E-state index in [1.807, 2.05) is 12.1 Å². The van der Waals surface area contributed by atoms with E-state index in [-0.39, 0.29) is 0 Å². The van der Waals surface area contributed by atoms with Crippen LogP contribution in [0.1, 0.15) is 11.1 Å². The largest absolute Gasteiger partial charge is 0.380 e. The number of hydrogen-bond acceptors (Lipinski definition) is 2. The van der Waals surface area contributed by atoms with E-state index in [9.17, 15) is 0 Å². The summed E-state index contributed by atoms with van der Waals surface area (Å²) in [4.78, 5) is 0. The number of benzene rings is 2. The zero-order chi connectivity index (χ0) is 14.7. The molecule has 1 N–H and O–H groups in total. The standard InChI is InChI=1S/C14H8BrCl3N2/c15-9-2-1-8(6-19)13(5-9)20-7-10-11(16)3-4-12(17)14(10)18/h1-5,20H,7H2. The summed E-state index contributed by atoms with van der Waals surface area (Å²) in [5, 5.41) is 13.6. The zero-order valence-electron chi connectivity index (χ0n) is 10.1. The Hall–Kier alpha value is -0.920. The third-order valence-electron chi connectivity index (χ3n) is 2.70. The first-order valence-corrected chi connectivity index (χ1v) is 7.51. The Morgan fingerprint density at radius 2 is 1.80 bits per heavy atom. The molecular formula is C14H8BrCl3N2. The summed E-state index contributed by atoms with van der Waals surface area (Å²) < 4.78 is 0.877. The molecule has 0 atom stereocenters. The second-order valence-electron chi connectivity index (χ2n) is 3.98. The van der Waals surface area contributed by atoms with Gasteiger partial charge in [0.25, 0.3) is 0 Å². The highest BCUT2D eigenvalue weighted by Gasteiger charge is 2.10. The fourth-order valence-corrected chi connectivity index (χ4v) is 2.72. The highest BCUT2D eigenvalue weighted by molar-refractivity contribution is 9.10. The van der Waals surface area contributed by atoms with E-state index < -0.39 is 0 Å². The summed E-state index contributed by atoms with van der Waals surface area (Å²) in [5.74, 6) is 0. The summed E-state index contributed by atoms with van der Waals surface area (Å²) in [7, 11) is 0. The van der Waals surface area contributed by atoms with Gasteiger partial charge in [-0.05, 0) is 30.3 Å². The molecule has 2 aromatic carbocycles. The predicted octanol–water partition coefficient (Wildman–Crippen LogP) is 5.89. The fourth-order valence-electron chi connectivity index (χ4n) is 1.67. The van der Waals surface area contributed by atoms with Gasteiger partial charge in [-0.25, -0.2) is 0 Å². The maximum Gasteiger partial charge on any atom is 0.101 e. The number of anilines is 1. The summed E-state index contributed by atoms with van der Waals surface area (Å²) in [6, 6.07) is 10.8. The molecule has 0 aromatic heterocycles. The van der Waals surface area contributed by atoms with E-state index >= 15 is 0 Å². The van der Waals surface area contributed by atoms with Gasteiger partial charge in [-0.15, -0.1) is 0 Å². The third kappa shape index (κ3) is 3.39. The second-order valence-corrected chi connectivity index (χ2v) is 6.09. The van der Waals surface area contributed by atoms with Crippen LogP contribution in [0.3, 0.4) is 0 Å². The lowest BCUT2D eigenvalue weighted by atomic mass is 10.1. The molecule has 20 heavy (non-hydrogen) atoms. The van der Waals surface area contributed by atoms with Crippen molar-refractivity contribution in [3.05, 3.63) is 61.0 Å². The van der Waals surface area contributed by atoms with E-state index in [2.05, 4.69) is 27.3 Å². The Morgan fingerprint density at radius 1 is 1.10 bits per heavy atom. The van der Waals surface area contributed by atoms with Gasteiger partial charge in [-0.1, -0.05) is 50.7 Å². The zero-order valence-corrected chi connectivity index (χ0v) is 13.9. The van der Waals surface area contributed by atoms with Crippen LogP contribution in [0.25, 0.3) is 0 Å². The van der Waals surface area contributed by atoms with Crippen molar-refractivity contribution in [1.29, 1.82) is 5.26 Å². The normalized spacial score (nSPS) is 10.2. The minimum atomic E-state index is 0.378. The van der Waals surface area contributed by atoms with E-state index in [4.69, 9.17) is 40.1 Å². The Morgan fingerprint density at radius 3 is 2.50 bits per heavy atom. The summed E-state index contributed by atoms with van der Waals surface area (Å²) >= 11 is 21.6. The van der Waals surface area contributed by atoms with Crippen LogP contribution in [0.15, 0.2) is 34.8 Å². The molecule has 0 saturated carbocycles. The monoisotopic (exact) mass is 388 g/mol. The van der Waals surface area contributed by atoms with Crippen LogP contribution < -0.4 is 5.32 Å². The maximum atomic E-state index is 9.08. The van der Waals surface area contributed by atoms with Gasteiger partial charge in [0.15, 0.2) is 0 Å². The maximum absolute atomic E-state index is 9.08. The molecule has 0 radical (unpaired) electrons. The quantitative estimate of drug-likeness (QED) is 0.663. The molecule has 102 valence electrons.